The van der Waals surface area contributed by atoms with Gasteiger partial charge in [0.15, 0.2) is 0 Å². The van der Waals surface area contributed by atoms with Crippen LogP contribution < -0.4 is 14.4 Å². The van der Waals surface area contributed by atoms with Gasteiger partial charge in [0, 0.05) is 50.1 Å². The molecule has 1 aliphatic heterocycles. The summed E-state index contributed by atoms with van der Waals surface area (Å²) in [5, 5.41) is 0. The Labute approximate surface area is 179 Å². The number of nitrogens with zero attached hydrogens (tertiary/aromatic N) is 3. The summed E-state index contributed by atoms with van der Waals surface area (Å²) in [5.41, 5.74) is 3.34. The van der Waals surface area contributed by atoms with Gasteiger partial charge in [0.05, 0.1) is 14.2 Å². The number of ether oxygens (including phenoxy) is 2. The van der Waals surface area contributed by atoms with Crippen molar-refractivity contribution in [2.24, 2.45) is 0 Å². The van der Waals surface area contributed by atoms with Crippen molar-refractivity contribution in [3.8, 4) is 11.5 Å². The molecule has 1 aliphatic rings. The molecule has 0 aliphatic carbocycles. The number of hydrogen-bond acceptors (Lipinski definition) is 5. The third kappa shape index (κ3) is 5.54. The highest BCUT2D eigenvalue weighted by Gasteiger charge is 2.20. The molecule has 0 atom stereocenters. The Morgan fingerprint density at radius 2 is 1.80 bits per heavy atom. The fourth-order valence-electron chi connectivity index (χ4n) is 3.64. The van der Waals surface area contributed by atoms with E-state index in [0.29, 0.717) is 18.8 Å². The van der Waals surface area contributed by atoms with Crippen molar-refractivity contribution < 1.29 is 14.3 Å². The third-order valence-electron chi connectivity index (χ3n) is 5.21. The minimum absolute atomic E-state index is 0.0147. The van der Waals surface area contributed by atoms with Crippen LogP contribution in [0.1, 0.15) is 11.1 Å². The molecule has 3 rings (SSSR count). The van der Waals surface area contributed by atoms with Gasteiger partial charge in [0.25, 0.3) is 0 Å². The van der Waals surface area contributed by atoms with E-state index in [2.05, 4.69) is 48.2 Å². The topological polar surface area (TPSA) is 45.3 Å². The summed E-state index contributed by atoms with van der Waals surface area (Å²) in [5.74, 6) is 1.45. The molecule has 6 heteroatoms. The van der Waals surface area contributed by atoms with Crippen LogP contribution >= 0.6 is 0 Å². The van der Waals surface area contributed by atoms with Crippen molar-refractivity contribution in [3.63, 3.8) is 0 Å². The van der Waals surface area contributed by atoms with Crippen LogP contribution in [0.25, 0.3) is 6.08 Å². The third-order valence-corrected chi connectivity index (χ3v) is 5.21. The van der Waals surface area contributed by atoms with Crippen LogP contribution in [0.2, 0.25) is 0 Å². The van der Waals surface area contributed by atoms with E-state index in [1.54, 1.807) is 26.4 Å². The van der Waals surface area contributed by atoms with Gasteiger partial charge in [-0.3, -0.25) is 4.79 Å². The Bertz CT molecular complexity index is 887. The predicted molar refractivity (Wildman–Crippen MR) is 121 cm³/mol. The fourth-order valence-corrected chi connectivity index (χ4v) is 3.64. The summed E-state index contributed by atoms with van der Waals surface area (Å²) in [6, 6.07) is 14.2. The summed E-state index contributed by atoms with van der Waals surface area (Å²) in [7, 11) is 7.39. The molecular weight excluding hydrogens is 378 g/mol. The summed E-state index contributed by atoms with van der Waals surface area (Å²) >= 11 is 0. The number of benzene rings is 2. The first kappa shape index (κ1) is 21.7. The predicted octanol–water partition coefficient (Wildman–Crippen LogP) is 3.13. The molecule has 1 heterocycles. The first-order chi connectivity index (χ1) is 14.5. The first-order valence-electron chi connectivity index (χ1n) is 10.2. The highest BCUT2D eigenvalue weighted by Crippen LogP contribution is 2.25. The van der Waals surface area contributed by atoms with Gasteiger partial charge in [-0.1, -0.05) is 12.1 Å². The van der Waals surface area contributed by atoms with E-state index in [4.69, 9.17) is 9.47 Å². The average molecular weight is 410 g/mol. The number of rotatable bonds is 7. The lowest BCUT2D eigenvalue weighted by molar-refractivity contribution is -0.126. The van der Waals surface area contributed by atoms with E-state index < -0.39 is 0 Å². The van der Waals surface area contributed by atoms with E-state index in [1.165, 1.54) is 11.3 Å². The smallest absolute Gasteiger partial charge is 0.246 e. The quantitative estimate of drug-likeness (QED) is 0.658. The summed E-state index contributed by atoms with van der Waals surface area (Å²) in [6.45, 7) is 3.98. The molecule has 0 bridgehead atoms. The molecule has 1 fully saturated rings. The molecule has 0 radical (unpaired) electrons. The highest BCUT2D eigenvalue weighted by molar-refractivity contribution is 5.92. The molecule has 1 amide bonds. The van der Waals surface area contributed by atoms with Crippen molar-refractivity contribution >= 4 is 17.7 Å². The van der Waals surface area contributed by atoms with E-state index in [0.717, 1.165) is 30.9 Å². The number of amides is 1. The van der Waals surface area contributed by atoms with Crippen molar-refractivity contribution in [2.75, 3.05) is 59.4 Å². The maximum Gasteiger partial charge on any atom is 0.246 e. The van der Waals surface area contributed by atoms with E-state index in [-0.39, 0.29) is 5.91 Å². The van der Waals surface area contributed by atoms with Crippen molar-refractivity contribution in [3.05, 3.63) is 59.7 Å². The highest BCUT2D eigenvalue weighted by atomic mass is 16.5. The first-order valence-corrected chi connectivity index (χ1v) is 10.2. The molecule has 6 nitrogen and oxygen atoms in total. The lowest BCUT2D eigenvalue weighted by atomic mass is 10.1. The van der Waals surface area contributed by atoms with Gasteiger partial charge in [-0.2, -0.15) is 0 Å². The lowest BCUT2D eigenvalue weighted by Gasteiger charge is -2.36. The maximum absolute atomic E-state index is 12.7. The van der Waals surface area contributed by atoms with Gasteiger partial charge < -0.3 is 24.2 Å². The molecule has 1 saturated heterocycles. The monoisotopic (exact) mass is 409 g/mol. The molecule has 30 heavy (non-hydrogen) atoms. The second-order valence-electron chi connectivity index (χ2n) is 7.66. The number of hydrogen-bond donors (Lipinski definition) is 0. The Hall–Kier alpha value is -2.99. The summed E-state index contributed by atoms with van der Waals surface area (Å²) in [6.07, 6.45) is 3.41. The van der Waals surface area contributed by atoms with Gasteiger partial charge in [-0.15, -0.1) is 0 Å². The number of piperazine rings is 1. The van der Waals surface area contributed by atoms with Crippen LogP contribution in [0.4, 0.5) is 5.69 Å². The van der Waals surface area contributed by atoms with Crippen molar-refractivity contribution in [1.29, 1.82) is 0 Å². The number of carbonyl (C=O) groups is 1. The Balaban J connectivity index is 1.60. The Kier molecular flexibility index (Phi) is 7.36. The molecule has 0 saturated carbocycles. The number of anilines is 1. The summed E-state index contributed by atoms with van der Waals surface area (Å²) < 4.78 is 10.6. The normalized spacial score (nSPS) is 14.4. The molecular formula is C24H31N3O3. The fraction of sp³-hybridized carbons (Fsp3) is 0.375. The van der Waals surface area contributed by atoms with E-state index >= 15 is 0 Å². The van der Waals surface area contributed by atoms with Crippen LogP contribution in [-0.2, 0) is 11.3 Å². The zero-order valence-corrected chi connectivity index (χ0v) is 18.3. The van der Waals surface area contributed by atoms with Gasteiger partial charge in [0.2, 0.25) is 5.91 Å². The van der Waals surface area contributed by atoms with Crippen molar-refractivity contribution in [2.45, 2.75) is 6.54 Å². The van der Waals surface area contributed by atoms with E-state index in [1.807, 2.05) is 23.1 Å². The number of methoxy groups -OCH3 is 2. The molecule has 0 unspecified atom stereocenters. The average Bonchev–Trinajstić information content (AvgIpc) is 2.77. The van der Waals surface area contributed by atoms with Crippen LogP contribution in [0.15, 0.2) is 48.5 Å². The minimum Gasteiger partial charge on any atom is -0.497 e. The summed E-state index contributed by atoms with van der Waals surface area (Å²) in [4.78, 5) is 19.1. The molecule has 0 aromatic heterocycles. The molecule has 0 N–H and O–H groups in total. The van der Waals surface area contributed by atoms with Gasteiger partial charge in [-0.05, 0) is 56.1 Å². The van der Waals surface area contributed by atoms with Gasteiger partial charge in [-0.25, -0.2) is 0 Å². The van der Waals surface area contributed by atoms with Crippen LogP contribution in [0, 0.1) is 0 Å². The molecule has 0 spiro atoms. The van der Waals surface area contributed by atoms with Gasteiger partial charge in [0.1, 0.15) is 11.5 Å². The van der Waals surface area contributed by atoms with Crippen LogP contribution in [0.5, 0.6) is 11.5 Å². The van der Waals surface area contributed by atoms with Crippen molar-refractivity contribution in [1.82, 2.24) is 9.80 Å². The van der Waals surface area contributed by atoms with Gasteiger partial charge >= 0.3 is 0 Å². The lowest BCUT2D eigenvalue weighted by Crippen LogP contribution is -2.48. The van der Waals surface area contributed by atoms with E-state index in [9.17, 15) is 4.79 Å². The largest absolute Gasteiger partial charge is 0.497 e. The molecule has 2 aromatic carbocycles. The second kappa shape index (κ2) is 10.2. The Morgan fingerprint density at radius 3 is 2.47 bits per heavy atom. The zero-order chi connectivity index (χ0) is 21.5. The number of carbonyl (C=O) groups excluding carboxylic acids is 1. The Morgan fingerprint density at radius 1 is 1.03 bits per heavy atom. The minimum atomic E-state index is 0.0147. The van der Waals surface area contributed by atoms with Crippen LogP contribution in [-0.4, -0.2) is 70.2 Å². The van der Waals surface area contributed by atoms with Crippen LogP contribution in [0.3, 0.4) is 0 Å². The maximum atomic E-state index is 12.7. The SMILES string of the molecule is COc1ccc(OC)c(/C=C/C(=O)N2CCN(c3cccc(CN(C)C)c3)CC2)c1. The molecule has 2 aromatic rings. The molecule has 160 valence electrons. The standard InChI is InChI=1S/C24H31N3O3/c1-25(2)18-19-6-5-7-21(16-19)26-12-14-27(15-13-26)24(28)11-8-20-17-22(29-3)9-10-23(20)30-4/h5-11,16-17H,12-15,18H2,1-4H3/b11-8+. The zero-order valence-electron chi connectivity index (χ0n) is 18.3. The second-order valence-corrected chi connectivity index (χ2v) is 7.66.